The van der Waals surface area contributed by atoms with Crippen LogP contribution in [-0.2, 0) is 6.54 Å². The highest BCUT2D eigenvalue weighted by Crippen LogP contribution is 2.16. The Bertz CT molecular complexity index is 514. The summed E-state index contributed by atoms with van der Waals surface area (Å²) in [4.78, 5) is 0. The summed E-state index contributed by atoms with van der Waals surface area (Å²) < 4.78 is 1.95. The molecule has 96 valence electrons. The lowest BCUT2D eigenvalue weighted by Gasteiger charge is -2.09. The molecular formula is C15H21N3. The molecule has 0 atom stereocenters. The summed E-state index contributed by atoms with van der Waals surface area (Å²) in [6.07, 6.45) is 3.18. The van der Waals surface area contributed by atoms with Crippen LogP contribution in [0, 0.1) is 13.8 Å². The van der Waals surface area contributed by atoms with Crippen molar-refractivity contribution >= 4 is 0 Å². The normalized spacial score (nSPS) is 10.8. The van der Waals surface area contributed by atoms with Crippen LogP contribution in [0.3, 0.4) is 0 Å². The molecule has 0 aliphatic heterocycles. The molecule has 0 spiro atoms. The van der Waals surface area contributed by atoms with Crippen molar-refractivity contribution in [3.05, 3.63) is 47.3 Å². The lowest BCUT2D eigenvalue weighted by molar-refractivity contribution is 0.674. The van der Waals surface area contributed by atoms with Crippen molar-refractivity contribution in [3.8, 4) is 5.69 Å². The molecule has 0 saturated carbocycles. The smallest absolute Gasteiger partial charge is 0.0678 e. The van der Waals surface area contributed by atoms with Crippen LogP contribution in [0.15, 0.2) is 30.5 Å². The number of nitrogens with one attached hydrogen (secondary N) is 1. The molecule has 0 aliphatic rings. The second-order valence-corrected chi connectivity index (χ2v) is 4.70. The monoisotopic (exact) mass is 243 g/mol. The molecule has 0 amide bonds. The Hall–Kier alpha value is -1.61. The number of benzene rings is 1. The third-order valence-electron chi connectivity index (χ3n) is 3.00. The van der Waals surface area contributed by atoms with Gasteiger partial charge in [0.2, 0.25) is 0 Å². The third kappa shape index (κ3) is 2.99. The van der Waals surface area contributed by atoms with E-state index in [-0.39, 0.29) is 0 Å². The first-order valence-electron chi connectivity index (χ1n) is 6.53. The van der Waals surface area contributed by atoms with Gasteiger partial charge in [-0.2, -0.15) is 5.10 Å². The SMILES string of the molecule is CCCNCc1ccc(C)c(-n2ccc(C)n2)c1. The van der Waals surface area contributed by atoms with E-state index >= 15 is 0 Å². The fourth-order valence-corrected chi connectivity index (χ4v) is 1.97. The largest absolute Gasteiger partial charge is 0.313 e. The molecule has 0 unspecified atom stereocenters. The Balaban J connectivity index is 2.21. The second-order valence-electron chi connectivity index (χ2n) is 4.70. The number of aryl methyl sites for hydroxylation is 2. The van der Waals surface area contributed by atoms with Crippen molar-refractivity contribution in [1.29, 1.82) is 0 Å². The Morgan fingerprint density at radius 3 is 2.72 bits per heavy atom. The highest BCUT2D eigenvalue weighted by Gasteiger charge is 2.04. The molecule has 18 heavy (non-hydrogen) atoms. The summed E-state index contributed by atoms with van der Waals surface area (Å²) in [5, 5.41) is 7.90. The molecule has 1 heterocycles. The van der Waals surface area contributed by atoms with Gasteiger partial charge < -0.3 is 5.32 Å². The molecule has 0 aliphatic carbocycles. The maximum Gasteiger partial charge on any atom is 0.0678 e. The Morgan fingerprint density at radius 2 is 2.06 bits per heavy atom. The van der Waals surface area contributed by atoms with Gasteiger partial charge in [-0.15, -0.1) is 0 Å². The molecule has 3 heteroatoms. The summed E-state index contributed by atoms with van der Waals surface area (Å²) in [5.41, 5.74) is 4.76. The lowest BCUT2D eigenvalue weighted by Crippen LogP contribution is -2.14. The summed E-state index contributed by atoms with van der Waals surface area (Å²) in [5.74, 6) is 0. The van der Waals surface area contributed by atoms with Crippen LogP contribution < -0.4 is 5.32 Å². The zero-order chi connectivity index (χ0) is 13.0. The van der Waals surface area contributed by atoms with Gasteiger partial charge in [0.1, 0.15) is 0 Å². The van der Waals surface area contributed by atoms with Crippen LogP contribution in [0.1, 0.15) is 30.2 Å². The molecule has 0 radical (unpaired) electrons. The van der Waals surface area contributed by atoms with E-state index in [2.05, 4.69) is 42.5 Å². The van der Waals surface area contributed by atoms with Gasteiger partial charge in [0.25, 0.3) is 0 Å². The van der Waals surface area contributed by atoms with Crippen molar-refractivity contribution < 1.29 is 0 Å². The molecule has 1 aromatic heterocycles. The average molecular weight is 243 g/mol. The van der Waals surface area contributed by atoms with Gasteiger partial charge in [0, 0.05) is 12.7 Å². The first kappa shape index (κ1) is 12.8. The molecule has 0 saturated heterocycles. The van der Waals surface area contributed by atoms with E-state index in [9.17, 15) is 0 Å². The van der Waals surface area contributed by atoms with E-state index in [0.29, 0.717) is 0 Å². The van der Waals surface area contributed by atoms with Crippen LogP contribution in [0.2, 0.25) is 0 Å². The number of nitrogens with zero attached hydrogens (tertiary/aromatic N) is 2. The lowest BCUT2D eigenvalue weighted by atomic mass is 10.1. The van der Waals surface area contributed by atoms with Gasteiger partial charge in [0.15, 0.2) is 0 Å². The summed E-state index contributed by atoms with van der Waals surface area (Å²) in [6.45, 7) is 8.29. The Labute approximate surface area is 109 Å². The highest BCUT2D eigenvalue weighted by molar-refractivity contribution is 5.42. The maximum atomic E-state index is 4.48. The van der Waals surface area contributed by atoms with E-state index in [1.54, 1.807) is 0 Å². The number of hydrogen-bond donors (Lipinski definition) is 1. The zero-order valence-electron chi connectivity index (χ0n) is 11.4. The van der Waals surface area contributed by atoms with Crippen molar-refractivity contribution in [1.82, 2.24) is 15.1 Å². The van der Waals surface area contributed by atoms with Gasteiger partial charge >= 0.3 is 0 Å². The van der Waals surface area contributed by atoms with Gasteiger partial charge in [-0.25, -0.2) is 4.68 Å². The standard InChI is InChI=1S/C15H21N3/c1-4-8-16-11-14-6-5-12(2)15(10-14)18-9-7-13(3)17-18/h5-7,9-10,16H,4,8,11H2,1-3H3. The third-order valence-corrected chi connectivity index (χ3v) is 3.00. The van der Waals surface area contributed by atoms with Crippen LogP contribution in [0.5, 0.6) is 0 Å². The van der Waals surface area contributed by atoms with Crippen LogP contribution in [-0.4, -0.2) is 16.3 Å². The molecule has 0 bridgehead atoms. The Morgan fingerprint density at radius 1 is 1.22 bits per heavy atom. The first-order valence-corrected chi connectivity index (χ1v) is 6.53. The summed E-state index contributed by atoms with van der Waals surface area (Å²) >= 11 is 0. The van der Waals surface area contributed by atoms with E-state index in [1.165, 1.54) is 16.8 Å². The average Bonchev–Trinajstić information content (AvgIpc) is 2.78. The van der Waals surface area contributed by atoms with Gasteiger partial charge in [-0.3, -0.25) is 0 Å². The molecular weight excluding hydrogens is 222 g/mol. The minimum absolute atomic E-state index is 0.918. The van der Waals surface area contributed by atoms with Crippen molar-refractivity contribution in [2.24, 2.45) is 0 Å². The van der Waals surface area contributed by atoms with E-state index in [0.717, 1.165) is 25.2 Å². The van der Waals surface area contributed by atoms with Crippen LogP contribution in [0.25, 0.3) is 5.69 Å². The fraction of sp³-hybridized carbons (Fsp3) is 0.400. The molecule has 3 nitrogen and oxygen atoms in total. The van der Waals surface area contributed by atoms with E-state index < -0.39 is 0 Å². The summed E-state index contributed by atoms with van der Waals surface area (Å²) in [7, 11) is 0. The van der Waals surface area contributed by atoms with Gasteiger partial charge in [-0.1, -0.05) is 19.1 Å². The second kappa shape index (κ2) is 5.83. The molecule has 2 rings (SSSR count). The van der Waals surface area contributed by atoms with Crippen LogP contribution in [0.4, 0.5) is 0 Å². The van der Waals surface area contributed by atoms with Crippen LogP contribution >= 0.6 is 0 Å². The predicted octanol–water partition coefficient (Wildman–Crippen LogP) is 2.99. The topological polar surface area (TPSA) is 29.9 Å². The molecule has 0 fully saturated rings. The molecule has 2 aromatic rings. The number of hydrogen-bond acceptors (Lipinski definition) is 2. The minimum Gasteiger partial charge on any atom is -0.313 e. The van der Waals surface area contributed by atoms with Gasteiger partial charge in [-0.05, 0) is 50.1 Å². The predicted molar refractivity (Wildman–Crippen MR) is 75.0 cm³/mol. The van der Waals surface area contributed by atoms with Crippen molar-refractivity contribution in [2.45, 2.75) is 33.7 Å². The fourth-order valence-electron chi connectivity index (χ4n) is 1.97. The quantitative estimate of drug-likeness (QED) is 0.818. The zero-order valence-corrected chi connectivity index (χ0v) is 11.4. The minimum atomic E-state index is 0.918. The molecule has 1 N–H and O–H groups in total. The van der Waals surface area contributed by atoms with E-state index in [4.69, 9.17) is 0 Å². The van der Waals surface area contributed by atoms with Crippen molar-refractivity contribution in [3.63, 3.8) is 0 Å². The number of aromatic nitrogens is 2. The van der Waals surface area contributed by atoms with Gasteiger partial charge in [0.05, 0.1) is 11.4 Å². The maximum absolute atomic E-state index is 4.48. The van der Waals surface area contributed by atoms with Crippen molar-refractivity contribution in [2.75, 3.05) is 6.54 Å². The molecule has 1 aromatic carbocycles. The number of rotatable bonds is 5. The Kier molecular flexibility index (Phi) is 4.15. The summed E-state index contributed by atoms with van der Waals surface area (Å²) in [6, 6.07) is 8.58. The first-order chi connectivity index (χ1) is 8.70. The highest BCUT2D eigenvalue weighted by atomic mass is 15.3. The van der Waals surface area contributed by atoms with E-state index in [1.807, 2.05) is 23.9 Å².